The van der Waals surface area contributed by atoms with Crippen molar-refractivity contribution in [3.63, 3.8) is 0 Å². The second-order valence-corrected chi connectivity index (χ2v) is 5.59. The molecule has 0 bridgehead atoms. The van der Waals surface area contributed by atoms with Crippen molar-refractivity contribution in [2.24, 2.45) is 0 Å². The van der Waals surface area contributed by atoms with Crippen LogP contribution in [0.15, 0.2) is 36.7 Å². The van der Waals surface area contributed by atoms with E-state index in [0.717, 1.165) is 17.5 Å². The van der Waals surface area contributed by atoms with Crippen LogP contribution in [0.4, 0.5) is 0 Å². The largest absolute Gasteiger partial charge is 0.492 e. The molecule has 0 spiro atoms. The van der Waals surface area contributed by atoms with E-state index in [9.17, 15) is 5.11 Å². The summed E-state index contributed by atoms with van der Waals surface area (Å²) in [6, 6.07) is 7.15. The maximum absolute atomic E-state index is 10.3. The first-order chi connectivity index (χ1) is 10.1. The summed E-state index contributed by atoms with van der Waals surface area (Å²) in [6.45, 7) is 2.67. The Morgan fingerprint density at radius 3 is 2.71 bits per heavy atom. The van der Waals surface area contributed by atoms with Gasteiger partial charge in [-0.2, -0.15) is 0 Å². The summed E-state index contributed by atoms with van der Waals surface area (Å²) in [7, 11) is 0. The summed E-state index contributed by atoms with van der Waals surface area (Å²) >= 11 is 11.9. The van der Waals surface area contributed by atoms with Crippen molar-refractivity contribution >= 4 is 23.2 Å². The molecule has 5 heteroatoms. The highest BCUT2D eigenvalue weighted by Crippen LogP contribution is 2.26. The highest BCUT2D eigenvalue weighted by atomic mass is 35.5. The highest BCUT2D eigenvalue weighted by molar-refractivity contribution is 6.42. The van der Waals surface area contributed by atoms with Crippen molar-refractivity contribution in [2.75, 3.05) is 6.61 Å². The van der Waals surface area contributed by atoms with Gasteiger partial charge < -0.3 is 9.84 Å². The van der Waals surface area contributed by atoms with E-state index in [2.05, 4.69) is 4.98 Å². The third-order valence-corrected chi connectivity index (χ3v) is 3.74. The van der Waals surface area contributed by atoms with Crippen LogP contribution >= 0.6 is 23.2 Å². The molecule has 0 aliphatic heterocycles. The first kappa shape index (κ1) is 16.1. The molecule has 1 atom stereocenters. The summed E-state index contributed by atoms with van der Waals surface area (Å²) in [4.78, 5) is 4.10. The van der Waals surface area contributed by atoms with Gasteiger partial charge in [0, 0.05) is 18.2 Å². The number of hydrogen-bond acceptors (Lipinski definition) is 3. The van der Waals surface area contributed by atoms with Gasteiger partial charge in [-0.25, -0.2) is 0 Å². The van der Waals surface area contributed by atoms with Crippen LogP contribution in [0, 0.1) is 0 Å². The molecule has 0 aliphatic carbocycles. The number of aromatic nitrogens is 1. The van der Waals surface area contributed by atoms with Crippen LogP contribution in [0.5, 0.6) is 5.75 Å². The molecule has 0 saturated heterocycles. The van der Waals surface area contributed by atoms with Crippen LogP contribution in [-0.2, 0) is 6.42 Å². The van der Waals surface area contributed by atoms with Gasteiger partial charge in [-0.1, -0.05) is 36.2 Å². The Kier molecular flexibility index (Phi) is 5.85. The van der Waals surface area contributed by atoms with Crippen molar-refractivity contribution in [3.8, 4) is 5.75 Å². The Bertz CT molecular complexity index is 605. The molecule has 1 aromatic carbocycles. The molecule has 0 aliphatic rings. The average Bonchev–Trinajstić information content (AvgIpc) is 2.49. The second kappa shape index (κ2) is 7.64. The molecule has 1 heterocycles. The predicted octanol–water partition coefficient (Wildman–Crippen LogP) is 4.45. The zero-order valence-electron chi connectivity index (χ0n) is 11.7. The van der Waals surface area contributed by atoms with E-state index >= 15 is 0 Å². The van der Waals surface area contributed by atoms with Crippen LogP contribution < -0.4 is 4.74 Å². The number of hydrogen-bond donors (Lipinski definition) is 1. The summed E-state index contributed by atoms with van der Waals surface area (Å²) in [5.41, 5.74) is 1.63. The van der Waals surface area contributed by atoms with Gasteiger partial charge in [0.2, 0.25) is 0 Å². The zero-order valence-corrected chi connectivity index (χ0v) is 13.2. The van der Waals surface area contributed by atoms with Crippen LogP contribution in [0.25, 0.3) is 0 Å². The molecule has 2 aromatic rings. The zero-order chi connectivity index (χ0) is 15.2. The topological polar surface area (TPSA) is 42.4 Å². The molecule has 21 heavy (non-hydrogen) atoms. The predicted molar refractivity (Wildman–Crippen MR) is 85.1 cm³/mol. The first-order valence-electron chi connectivity index (χ1n) is 6.80. The van der Waals surface area contributed by atoms with E-state index in [-0.39, 0.29) is 0 Å². The third-order valence-electron chi connectivity index (χ3n) is 3.00. The minimum atomic E-state index is -0.667. The number of ether oxygens (including phenoxy) is 1. The molecule has 0 saturated carbocycles. The second-order valence-electron chi connectivity index (χ2n) is 4.77. The lowest BCUT2D eigenvalue weighted by molar-refractivity contribution is 0.177. The number of aliphatic hydroxyl groups excluding tert-OH is 1. The number of pyridine rings is 1. The minimum Gasteiger partial charge on any atom is -0.492 e. The highest BCUT2D eigenvalue weighted by Gasteiger charge is 2.11. The molecular weight excluding hydrogens is 309 g/mol. The summed E-state index contributed by atoms with van der Waals surface area (Å²) in [5, 5.41) is 11.3. The van der Waals surface area contributed by atoms with Crippen molar-refractivity contribution in [1.29, 1.82) is 0 Å². The van der Waals surface area contributed by atoms with Gasteiger partial charge in [-0.15, -0.1) is 0 Å². The van der Waals surface area contributed by atoms with E-state index in [1.807, 2.05) is 19.1 Å². The Morgan fingerprint density at radius 2 is 2.00 bits per heavy atom. The Hall–Kier alpha value is -1.29. The monoisotopic (exact) mass is 325 g/mol. The molecule has 2 rings (SSSR count). The molecule has 1 aromatic heterocycles. The molecular formula is C16H17Cl2NO2. The molecule has 0 radical (unpaired) electrons. The maximum atomic E-state index is 10.3. The quantitative estimate of drug-likeness (QED) is 0.852. The fraction of sp³-hybridized carbons (Fsp3) is 0.312. The standard InChI is InChI=1S/C16H17Cl2NO2/c1-2-5-21-13-8-12(9-19-10-13)16(20)7-11-3-4-14(17)15(18)6-11/h3-4,6,8-10,16,20H,2,5,7H2,1H3. The summed E-state index contributed by atoms with van der Waals surface area (Å²) < 4.78 is 5.52. The first-order valence-corrected chi connectivity index (χ1v) is 7.55. The van der Waals surface area contributed by atoms with Gasteiger partial charge in [0.25, 0.3) is 0 Å². The van der Waals surface area contributed by atoms with Gasteiger partial charge in [-0.3, -0.25) is 4.98 Å². The summed E-state index contributed by atoms with van der Waals surface area (Å²) in [5.74, 6) is 0.669. The van der Waals surface area contributed by atoms with Gasteiger partial charge in [-0.05, 0) is 30.2 Å². The van der Waals surface area contributed by atoms with Crippen LogP contribution in [0.1, 0.15) is 30.6 Å². The fourth-order valence-corrected chi connectivity index (χ4v) is 2.25. The fourth-order valence-electron chi connectivity index (χ4n) is 1.92. The maximum Gasteiger partial charge on any atom is 0.137 e. The van der Waals surface area contributed by atoms with Gasteiger partial charge >= 0.3 is 0 Å². The summed E-state index contributed by atoms with van der Waals surface area (Å²) in [6.07, 6.45) is 3.98. The number of aliphatic hydroxyl groups is 1. The van der Waals surface area contributed by atoms with Crippen molar-refractivity contribution < 1.29 is 9.84 Å². The van der Waals surface area contributed by atoms with Gasteiger partial charge in [0.1, 0.15) is 5.75 Å². The molecule has 0 amide bonds. The number of benzene rings is 1. The lowest BCUT2D eigenvalue weighted by Gasteiger charge is -2.13. The van der Waals surface area contributed by atoms with Gasteiger partial charge in [0.05, 0.1) is 29.0 Å². The third kappa shape index (κ3) is 4.60. The number of nitrogens with zero attached hydrogens (tertiary/aromatic N) is 1. The molecule has 1 unspecified atom stereocenters. The molecule has 0 fully saturated rings. The number of halogens is 2. The normalized spacial score (nSPS) is 12.2. The smallest absolute Gasteiger partial charge is 0.137 e. The van der Waals surface area contributed by atoms with Crippen LogP contribution in [0.2, 0.25) is 10.0 Å². The van der Waals surface area contributed by atoms with Crippen molar-refractivity contribution in [2.45, 2.75) is 25.9 Å². The lowest BCUT2D eigenvalue weighted by Crippen LogP contribution is -2.04. The van der Waals surface area contributed by atoms with Crippen LogP contribution in [0.3, 0.4) is 0 Å². The molecule has 1 N–H and O–H groups in total. The Balaban J connectivity index is 2.08. The number of rotatable bonds is 6. The van der Waals surface area contributed by atoms with E-state index in [4.69, 9.17) is 27.9 Å². The van der Waals surface area contributed by atoms with Crippen molar-refractivity contribution in [1.82, 2.24) is 4.98 Å². The van der Waals surface area contributed by atoms with E-state index in [1.54, 1.807) is 24.5 Å². The Labute approximate surface area is 134 Å². The molecule has 112 valence electrons. The van der Waals surface area contributed by atoms with Crippen molar-refractivity contribution in [3.05, 3.63) is 57.8 Å². The molecule has 3 nitrogen and oxygen atoms in total. The van der Waals surface area contributed by atoms with E-state index < -0.39 is 6.10 Å². The van der Waals surface area contributed by atoms with Gasteiger partial charge in [0.15, 0.2) is 0 Å². The average molecular weight is 326 g/mol. The SMILES string of the molecule is CCCOc1cncc(C(O)Cc2ccc(Cl)c(Cl)c2)c1. The minimum absolute atomic E-state index is 0.440. The van der Waals surface area contributed by atoms with Crippen LogP contribution in [-0.4, -0.2) is 16.7 Å². The lowest BCUT2D eigenvalue weighted by atomic mass is 10.0. The Morgan fingerprint density at radius 1 is 1.19 bits per heavy atom. The van der Waals surface area contributed by atoms with E-state index in [1.165, 1.54) is 0 Å². The van der Waals surface area contributed by atoms with E-state index in [0.29, 0.717) is 28.8 Å².